The van der Waals surface area contributed by atoms with Crippen molar-refractivity contribution in [3.63, 3.8) is 0 Å². The minimum atomic E-state index is -0.518. The Hall–Kier alpha value is -2.31. The van der Waals surface area contributed by atoms with Gasteiger partial charge >= 0.3 is 0 Å². The molecule has 0 fully saturated rings. The van der Waals surface area contributed by atoms with Crippen molar-refractivity contribution < 1.29 is 8.78 Å². The summed E-state index contributed by atoms with van der Waals surface area (Å²) < 4.78 is 27.3. The van der Waals surface area contributed by atoms with Crippen molar-refractivity contribution in [3.8, 4) is 0 Å². The van der Waals surface area contributed by atoms with Crippen LogP contribution in [-0.2, 0) is 6.42 Å². The molecule has 1 aromatic heterocycles. The monoisotopic (exact) mass is 307 g/mol. The zero-order valence-corrected chi connectivity index (χ0v) is 12.6. The molecule has 2 aromatic rings. The van der Waals surface area contributed by atoms with Gasteiger partial charge in [0.05, 0.1) is 0 Å². The lowest BCUT2D eigenvalue weighted by atomic mass is 10.0. The number of rotatable bonds is 6. The van der Waals surface area contributed by atoms with Gasteiger partial charge in [-0.2, -0.15) is 15.0 Å². The standard InChI is InChI=1S/C15H19F2N5/c1-3-10(21-15-20-9(2)19-14(18)22-15)7-8-11-12(16)5-4-6-13(11)17/h4-6,10H,3,7-8H2,1-2H3,(H3,18,19,20,21,22). The van der Waals surface area contributed by atoms with Crippen LogP contribution >= 0.6 is 0 Å². The summed E-state index contributed by atoms with van der Waals surface area (Å²) in [6.45, 7) is 3.70. The third-order valence-corrected chi connectivity index (χ3v) is 3.40. The normalized spacial score (nSPS) is 12.2. The highest BCUT2D eigenvalue weighted by molar-refractivity contribution is 5.32. The quantitative estimate of drug-likeness (QED) is 0.858. The average Bonchev–Trinajstić information content (AvgIpc) is 2.44. The van der Waals surface area contributed by atoms with Crippen LogP contribution in [0, 0.1) is 18.6 Å². The summed E-state index contributed by atoms with van der Waals surface area (Å²) in [6, 6.07) is 3.88. The van der Waals surface area contributed by atoms with Crippen molar-refractivity contribution in [2.75, 3.05) is 11.1 Å². The van der Waals surface area contributed by atoms with Gasteiger partial charge in [-0.05, 0) is 38.3 Å². The third-order valence-electron chi connectivity index (χ3n) is 3.40. The SMILES string of the molecule is CCC(CCc1c(F)cccc1F)Nc1nc(C)nc(N)n1. The molecular formula is C15H19F2N5. The second kappa shape index (κ2) is 7.11. The smallest absolute Gasteiger partial charge is 0.227 e. The first-order chi connectivity index (χ1) is 10.5. The Kier molecular flexibility index (Phi) is 5.19. The van der Waals surface area contributed by atoms with E-state index < -0.39 is 11.6 Å². The van der Waals surface area contributed by atoms with Crippen LogP contribution < -0.4 is 11.1 Å². The van der Waals surface area contributed by atoms with Gasteiger partial charge in [0, 0.05) is 11.6 Å². The van der Waals surface area contributed by atoms with Crippen LogP contribution in [0.3, 0.4) is 0 Å². The number of aromatic nitrogens is 3. The Morgan fingerprint density at radius 2 is 1.86 bits per heavy atom. The van der Waals surface area contributed by atoms with Crippen LogP contribution in [0.5, 0.6) is 0 Å². The molecule has 1 unspecified atom stereocenters. The predicted molar refractivity (Wildman–Crippen MR) is 81.4 cm³/mol. The highest BCUT2D eigenvalue weighted by Gasteiger charge is 2.13. The summed E-state index contributed by atoms with van der Waals surface area (Å²) in [7, 11) is 0. The van der Waals surface area contributed by atoms with E-state index >= 15 is 0 Å². The van der Waals surface area contributed by atoms with E-state index in [9.17, 15) is 8.78 Å². The number of nitrogen functional groups attached to an aromatic ring is 1. The molecular weight excluding hydrogens is 288 g/mol. The van der Waals surface area contributed by atoms with Crippen LogP contribution in [0.15, 0.2) is 18.2 Å². The molecule has 22 heavy (non-hydrogen) atoms. The second-order valence-electron chi connectivity index (χ2n) is 5.05. The Labute approximate surface area is 128 Å². The molecule has 0 radical (unpaired) electrons. The molecule has 1 atom stereocenters. The number of aryl methyl sites for hydroxylation is 1. The summed E-state index contributed by atoms with van der Waals surface area (Å²) >= 11 is 0. The van der Waals surface area contributed by atoms with Crippen molar-refractivity contribution >= 4 is 11.9 Å². The van der Waals surface area contributed by atoms with Crippen LogP contribution in [-0.4, -0.2) is 21.0 Å². The number of benzene rings is 1. The van der Waals surface area contributed by atoms with E-state index in [0.29, 0.717) is 24.6 Å². The number of nitrogens with one attached hydrogen (secondary N) is 1. The van der Waals surface area contributed by atoms with E-state index in [1.54, 1.807) is 6.92 Å². The first-order valence-corrected chi connectivity index (χ1v) is 7.17. The van der Waals surface area contributed by atoms with Gasteiger partial charge in [0.2, 0.25) is 11.9 Å². The molecule has 2 rings (SSSR count). The topological polar surface area (TPSA) is 76.7 Å². The molecule has 0 aliphatic rings. The van der Waals surface area contributed by atoms with E-state index in [1.807, 2.05) is 6.92 Å². The fourth-order valence-electron chi connectivity index (χ4n) is 2.22. The second-order valence-corrected chi connectivity index (χ2v) is 5.05. The van der Waals surface area contributed by atoms with Gasteiger partial charge in [-0.1, -0.05) is 13.0 Å². The number of nitrogens with two attached hydrogens (primary N) is 1. The van der Waals surface area contributed by atoms with Crippen LogP contribution in [0.4, 0.5) is 20.7 Å². The minimum absolute atomic E-state index is 0.0137. The highest BCUT2D eigenvalue weighted by Crippen LogP contribution is 2.17. The highest BCUT2D eigenvalue weighted by atomic mass is 19.1. The number of halogens is 2. The molecule has 0 saturated heterocycles. The first kappa shape index (κ1) is 16.1. The zero-order chi connectivity index (χ0) is 16.1. The maximum Gasteiger partial charge on any atom is 0.227 e. The van der Waals surface area contributed by atoms with E-state index in [2.05, 4.69) is 20.3 Å². The van der Waals surface area contributed by atoms with Crippen molar-refractivity contribution in [2.45, 2.75) is 39.2 Å². The molecule has 0 bridgehead atoms. The number of nitrogens with zero attached hydrogens (tertiary/aromatic N) is 3. The van der Waals surface area contributed by atoms with Gasteiger partial charge in [0.25, 0.3) is 0 Å². The lowest BCUT2D eigenvalue weighted by Crippen LogP contribution is -2.22. The average molecular weight is 307 g/mol. The molecule has 0 spiro atoms. The fraction of sp³-hybridized carbons (Fsp3) is 0.400. The summed E-state index contributed by atoms with van der Waals surface area (Å²) in [5, 5.41) is 3.13. The molecule has 0 aliphatic carbocycles. The Bertz CT molecular complexity index is 607. The van der Waals surface area contributed by atoms with Crippen molar-refractivity contribution in [1.82, 2.24) is 15.0 Å². The molecule has 0 aliphatic heterocycles. The van der Waals surface area contributed by atoms with Crippen LogP contribution in [0.2, 0.25) is 0 Å². The summed E-state index contributed by atoms with van der Waals surface area (Å²) in [5.74, 6) is 0.00562. The van der Waals surface area contributed by atoms with Gasteiger partial charge in [0.1, 0.15) is 17.5 Å². The minimum Gasteiger partial charge on any atom is -0.368 e. The number of hydrogen-bond donors (Lipinski definition) is 2. The van der Waals surface area contributed by atoms with Gasteiger partial charge in [-0.3, -0.25) is 0 Å². The summed E-state index contributed by atoms with van der Waals surface area (Å²) in [6.07, 6.45) is 1.61. The Balaban J connectivity index is 2.03. The largest absolute Gasteiger partial charge is 0.368 e. The number of hydrogen-bond acceptors (Lipinski definition) is 5. The molecule has 1 aromatic carbocycles. The van der Waals surface area contributed by atoms with Gasteiger partial charge in [-0.25, -0.2) is 8.78 Å². The van der Waals surface area contributed by atoms with Crippen molar-refractivity contribution in [3.05, 3.63) is 41.2 Å². The maximum absolute atomic E-state index is 13.6. The predicted octanol–water partition coefficient (Wildman–Crippen LogP) is 2.86. The van der Waals surface area contributed by atoms with Gasteiger partial charge in [0.15, 0.2) is 0 Å². The first-order valence-electron chi connectivity index (χ1n) is 7.17. The Morgan fingerprint density at radius 3 is 2.45 bits per heavy atom. The third kappa shape index (κ3) is 4.09. The summed E-state index contributed by atoms with van der Waals surface area (Å²) in [4.78, 5) is 12.1. The van der Waals surface area contributed by atoms with E-state index in [1.165, 1.54) is 18.2 Å². The Morgan fingerprint density at radius 1 is 1.18 bits per heavy atom. The fourth-order valence-corrected chi connectivity index (χ4v) is 2.22. The molecule has 7 heteroatoms. The zero-order valence-electron chi connectivity index (χ0n) is 12.6. The lowest BCUT2D eigenvalue weighted by Gasteiger charge is -2.17. The van der Waals surface area contributed by atoms with Gasteiger partial charge < -0.3 is 11.1 Å². The van der Waals surface area contributed by atoms with Crippen molar-refractivity contribution in [2.24, 2.45) is 0 Å². The molecule has 3 N–H and O–H groups in total. The van der Waals surface area contributed by atoms with Crippen LogP contribution in [0.1, 0.15) is 31.2 Å². The molecule has 1 heterocycles. The molecule has 0 saturated carbocycles. The lowest BCUT2D eigenvalue weighted by molar-refractivity contribution is 0.536. The van der Waals surface area contributed by atoms with E-state index in [4.69, 9.17) is 5.73 Å². The molecule has 5 nitrogen and oxygen atoms in total. The van der Waals surface area contributed by atoms with Gasteiger partial charge in [-0.15, -0.1) is 0 Å². The maximum atomic E-state index is 13.6. The molecule has 0 amide bonds. The molecule has 118 valence electrons. The summed E-state index contributed by atoms with van der Waals surface area (Å²) in [5.41, 5.74) is 5.69. The van der Waals surface area contributed by atoms with E-state index in [-0.39, 0.29) is 17.6 Å². The number of anilines is 2. The van der Waals surface area contributed by atoms with E-state index in [0.717, 1.165) is 6.42 Å². The van der Waals surface area contributed by atoms with Crippen LogP contribution in [0.25, 0.3) is 0 Å². The van der Waals surface area contributed by atoms with Crippen molar-refractivity contribution in [1.29, 1.82) is 0 Å².